The van der Waals surface area contributed by atoms with Gasteiger partial charge in [0.05, 0.1) is 5.35 Å². The van der Waals surface area contributed by atoms with E-state index in [1.165, 1.54) is 6.08 Å². The summed E-state index contributed by atoms with van der Waals surface area (Å²) < 4.78 is 0. The Morgan fingerprint density at radius 1 is 1.23 bits per heavy atom. The van der Waals surface area contributed by atoms with Gasteiger partial charge in [-0.3, -0.25) is 9.59 Å². The van der Waals surface area contributed by atoms with E-state index in [1.54, 1.807) is 6.08 Å². The summed E-state index contributed by atoms with van der Waals surface area (Å²) in [6.07, 6.45) is 7.16. The van der Waals surface area contributed by atoms with Crippen molar-refractivity contribution in [2.24, 2.45) is 0 Å². The number of nitrogens with zero attached hydrogens (tertiary/aromatic N) is 2. The Balaban J connectivity index is 1.88. The largest absolute Gasteiger partial charge is 0.351 e. The van der Waals surface area contributed by atoms with Crippen LogP contribution >= 0.6 is 0 Å². The second-order valence-electron chi connectivity index (χ2n) is 6.73. The van der Waals surface area contributed by atoms with Gasteiger partial charge in [-0.2, -0.15) is 0 Å². The third-order valence-electron chi connectivity index (χ3n) is 4.57. The van der Waals surface area contributed by atoms with Gasteiger partial charge in [0.1, 0.15) is 5.69 Å². The summed E-state index contributed by atoms with van der Waals surface area (Å²) in [5.41, 5.74) is 1.97. The smallest absolute Gasteiger partial charge is 0.252 e. The highest BCUT2D eigenvalue weighted by Crippen LogP contribution is 2.12. The Kier molecular flexibility index (Phi) is 4.01. The second-order valence-corrected chi connectivity index (χ2v) is 6.73. The van der Waals surface area contributed by atoms with E-state index >= 15 is 0 Å². The number of amides is 1. The van der Waals surface area contributed by atoms with Gasteiger partial charge in [0.25, 0.3) is 5.91 Å². The summed E-state index contributed by atoms with van der Waals surface area (Å²) in [7, 11) is 3.93. The molecular formula is C21H19N3O2. The van der Waals surface area contributed by atoms with Crippen LogP contribution in [0.15, 0.2) is 36.4 Å². The lowest BCUT2D eigenvalue weighted by molar-refractivity contribution is 0.0949. The number of allylic oxidation sites excluding steroid dienone is 2. The van der Waals surface area contributed by atoms with Crippen molar-refractivity contribution in [3.63, 3.8) is 0 Å². The number of rotatable bonds is 4. The molecule has 4 rings (SSSR count). The average Bonchev–Trinajstić information content (AvgIpc) is 2.97. The van der Waals surface area contributed by atoms with Crippen LogP contribution in [0.3, 0.4) is 0 Å². The maximum absolute atomic E-state index is 12.7. The minimum atomic E-state index is -0.123. The normalized spacial score (nSPS) is 13.6. The first kappa shape index (κ1) is 16.4. The fraction of sp³-hybridized carbons (Fsp3) is 0.190. The van der Waals surface area contributed by atoms with Crippen LogP contribution in [0.5, 0.6) is 0 Å². The molecule has 5 nitrogen and oxygen atoms in total. The number of nitrogens with one attached hydrogen (secondary N) is 1. The van der Waals surface area contributed by atoms with Crippen LogP contribution in [-0.2, 0) is 0 Å². The standard InChI is InChI=1S/C21H19N3O2/c1-24(2)10-9-22-21(26)16-7-3-5-13-11-15-12-14-6-4-8-17(25)19(14)23-20(15)18(13)16/h3-8,11-12H,9-10H2,1-2H3,(H,22,26). The van der Waals surface area contributed by atoms with Gasteiger partial charge in [-0.1, -0.05) is 24.3 Å². The zero-order chi connectivity index (χ0) is 18.3. The number of hydrogen-bond acceptors (Lipinski definition) is 4. The predicted octanol–water partition coefficient (Wildman–Crippen LogP) is 0.335. The van der Waals surface area contributed by atoms with E-state index in [-0.39, 0.29) is 11.7 Å². The van der Waals surface area contributed by atoms with Crippen molar-refractivity contribution in [3.05, 3.63) is 74.2 Å². The van der Waals surface area contributed by atoms with Crippen LogP contribution < -0.4 is 15.8 Å². The number of carbonyl (C=O) groups excluding carboxylic acids is 2. The highest BCUT2D eigenvalue weighted by molar-refractivity contribution is 6.05. The zero-order valence-corrected chi connectivity index (χ0v) is 14.7. The SMILES string of the molecule is CN(C)CCNC(=O)c1cccc2c1=c1nc3c(cc1C=2)=CC=CC3=O. The van der Waals surface area contributed by atoms with Crippen LogP contribution in [0.25, 0.3) is 12.2 Å². The van der Waals surface area contributed by atoms with Crippen LogP contribution in [0, 0.1) is 10.6 Å². The number of pyridine rings is 1. The zero-order valence-electron chi connectivity index (χ0n) is 14.7. The van der Waals surface area contributed by atoms with Gasteiger partial charge in [0.2, 0.25) is 5.78 Å². The van der Waals surface area contributed by atoms with Crippen LogP contribution in [-0.4, -0.2) is 48.8 Å². The first-order chi connectivity index (χ1) is 12.5. The molecule has 5 heteroatoms. The first-order valence-corrected chi connectivity index (χ1v) is 8.56. The van der Waals surface area contributed by atoms with E-state index in [0.29, 0.717) is 23.2 Å². The van der Waals surface area contributed by atoms with Crippen molar-refractivity contribution in [1.82, 2.24) is 15.2 Å². The Morgan fingerprint density at radius 3 is 2.88 bits per heavy atom. The summed E-state index contributed by atoms with van der Waals surface area (Å²) in [6, 6.07) is 7.62. The molecule has 130 valence electrons. The van der Waals surface area contributed by atoms with Crippen LogP contribution in [0.2, 0.25) is 0 Å². The molecule has 1 aromatic heterocycles. The molecule has 0 bridgehead atoms. The fourth-order valence-corrected chi connectivity index (χ4v) is 3.30. The van der Waals surface area contributed by atoms with Gasteiger partial charge < -0.3 is 10.2 Å². The summed E-state index contributed by atoms with van der Waals surface area (Å²) >= 11 is 0. The number of fused-ring (bicyclic) bond motifs is 3. The van der Waals surface area contributed by atoms with Gasteiger partial charge >= 0.3 is 0 Å². The molecule has 0 unspecified atom stereocenters. The Morgan fingerprint density at radius 2 is 2.08 bits per heavy atom. The number of hydrogen-bond donors (Lipinski definition) is 1. The number of ketones is 1. The summed E-state index contributed by atoms with van der Waals surface area (Å²) in [5.74, 6) is -0.228. The van der Waals surface area contributed by atoms with Gasteiger partial charge in [-0.05, 0) is 43.6 Å². The molecule has 2 aromatic rings. The minimum absolute atomic E-state index is 0.105. The van der Waals surface area contributed by atoms with Crippen molar-refractivity contribution >= 4 is 23.8 Å². The molecule has 0 saturated heterocycles. The van der Waals surface area contributed by atoms with Gasteiger partial charge in [0.15, 0.2) is 0 Å². The molecule has 1 aromatic carbocycles. The lowest BCUT2D eigenvalue weighted by Crippen LogP contribution is -2.32. The molecule has 2 aliphatic carbocycles. The molecule has 0 spiro atoms. The first-order valence-electron chi connectivity index (χ1n) is 8.56. The molecular weight excluding hydrogens is 326 g/mol. The Labute approximate surface area is 150 Å². The van der Waals surface area contributed by atoms with E-state index < -0.39 is 0 Å². The van der Waals surface area contributed by atoms with E-state index in [4.69, 9.17) is 0 Å². The third kappa shape index (κ3) is 2.76. The quantitative estimate of drug-likeness (QED) is 0.741. The molecule has 0 aliphatic heterocycles. The molecule has 0 saturated carbocycles. The molecule has 0 radical (unpaired) electrons. The number of aromatic nitrogens is 1. The molecule has 0 atom stereocenters. The monoisotopic (exact) mass is 345 g/mol. The van der Waals surface area contributed by atoms with Crippen molar-refractivity contribution in [3.8, 4) is 0 Å². The van der Waals surface area contributed by atoms with Crippen molar-refractivity contribution < 1.29 is 9.59 Å². The molecule has 2 aliphatic rings. The summed E-state index contributed by atoms with van der Waals surface area (Å²) in [4.78, 5) is 31.5. The summed E-state index contributed by atoms with van der Waals surface area (Å²) in [5, 5.41) is 6.23. The van der Waals surface area contributed by atoms with Crippen LogP contribution in [0.4, 0.5) is 0 Å². The average molecular weight is 345 g/mol. The van der Waals surface area contributed by atoms with Crippen molar-refractivity contribution in [2.75, 3.05) is 27.2 Å². The maximum atomic E-state index is 12.7. The highest BCUT2D eigenvalue weighted by atomic mass is 16.1. The van der Waals surface area contributed by atoms with E-state index in [1.807, 2.05) is 55.4 Å². The highest BCUT2D eigenvalue weighted by Gasteiger charge is 2.16. The van der Waals surface area contributed by atoms with Crippen molar-refractivity contribution in [2.45, 2.75) is 0 Å². The van der Waals surface area contributed by atoms with E-state index in [0.717, 1.165) is 27.8 Å². The van der Waals surface area contributed by atoms with E-state index in [9.17, 15) is 9.59 Å². The third-order valence-corrected chi connectivity index (χ3v) is 4.57. The van der Waals surface area contributed by atoms with Crippen LogP contribution in [0.1, 0.15) is 26.4 Å². The molecule has 1 N–H and O–H groups in total. The number of likely N-dealkylation sites (N-methyl/N-ethyl adjacent to an activating group) is 1. The molecule has 0 fully saturated rings. The second kappa shape index (κ2) is 6.35. The van der Waals surface area contributed by atoms with Gasteiger partial charge in [-0.15, -0.1) is 0 Å². The number of carbonyl (C=O) groups is 2. The van der Waals surface area contributed by atoms with E-state index in [2.05, 4.69) is 10.3 Å². The van der Waals surface area contributed by atoms with Crippen molar-refractivity contribution in [1.29, 1.82) is 0 Å². The minimum Gasteiger partial charge on any atom is -0.351 e. The maximum Gasteiger partial charge on any atom is 0.252 e. The Bertz CT molecular complexity index is 1180. The molecule has 26 heavy (non-hydrogen) atoms. The summed E-state index contributed by atoms with van der Waals surface area (Å²) in [6.45, 7) is 1.34. The Hall–Kier alpha value is -3.05. The van der Waals surface area contributed by atoms with Gasteiger partial charge in [0, 0.05) is 34.7 Å². The lowest BCUT2D eigenvalue weighted by atomic mass is 10.1. The molecule has 1 heterocycles. The predicted molar refractivity (Wildman–Crippen MR) is 100.0 cm³/mol. The number of benzene rings is 1. The fourth-order valence-electron chi connectivity index (χ4n) is 3.30. The van der Waals surface area contributed by atoms with Gasteiger partial charge in [-0.25, -0.2) is 4.98 Å². The lowest BCUT2D eigenvalue weighted by Gasteiger charge is -2.10. The topological polar surface area (TPSA) is 62.3 Å². The molecule has 1 amide bonds.